The van der Waals surface area contributed by atoms with Crippen LogP contribution in [0.4, 0.5) is 5.69 Å². The highest BCUT2D eigenvalue weighted by Crippen LogP contribution is 2.18. The molecule has 0 unspecified atom stereocenters. The quantitative estimate of drug-likeness (QED) is 0.612. The SMILES string of the molecule is COc1cccc(NC(=O)COC(=O)[C@@H](NC(=O)c2ccccc2OC)C(C)C)c1. The van der Waals surface area contributed by atoms with E-state index in [2.05, 4.69) is 10.6 Å². The molecule has 2 amide bonds. The van der Waals surface area contributed by atoms with Gasteiger partial charge in [-0.2, -0.15) is 0 Å². The van der Waals surface area contributed by atoms with Crippen molar-refractivity contribution in [3.63, 3.8) is 0 Å². The van der Waals surface area contributed by atoms with Crippen LogP contribution < -0.4 is 20.1 Å². The minimum absolute atomic E-state index is 0.252. The van der Waals surface area contributed by atoms with Crippen LogP contribution in [0, 0.1) is 5.92 Å². The Morgan fingerprint density at radius 2 is 1.70 bits per heavy atom. The first-order valence-electron chi connectivity index (χ1n) is 9.40. The number of amides is 2. The normalized spacial score (nSPS) is 11.4. The Bertz CT molecular complexity index is 897. The number of rotatable bonds is 9. The van der Waals surface area contributed by atoms with E-state index in [1.54, 1.807) is 62.4 Å². The number of anilines is 1. The van der Waals surface area contributed by atoms with E-state index in [4.69, 9.17) is 14.2 Å². The van der Waals surface area contributed by atoms with Crippen LogP contribution in [-0.4, -0.2) is 44.7 Å². The van der Waals surface area contributed by atoms with Gasteiger partial charge < -0.3 is 24.8 Å². The Balaban J connectivity index is 1.96. The molecule has 8 nitrogen and oxygen atoms in total. The van der Waals surface area contributed by atoms with Gasteiger partial charge in [0.15, 0.2) is 6.61 Å². The van der Waals surface area contributed by atoms with Gasteiger partial charge in [-0.05, 0) is 30.2 Å². The summed E-state index contributed by atoms with van der Waals surface area (Å²) < 4.78 is 15.4. The van der Waals surface area contributed by atoms with Crippen molar-refractivity contribution >= 4 is 23.5 Å². The maximum absolute atomic E-state index is 12.6. The van der Waals surface area contributed by atoms with E-state index in [0.29, 0.717) is 22.7 Å². The van der Waals surface area contributed by atoms with Crippen LogP contribution in [0.5, 0.6) is 11.5 Å². The van der Waals surface area contributed by atoms with Crippen molar-refractivity contribution in [2.24, 2.45) is 5.92 Å². The van der Waals surface area contributed by atoms with Crippen LogP contribution in [0.2, 0.25) is 0 Å². The molecule has 0 fully saturated rings. The molecule has 2 rings (SSSR count). The summed E-state index contributed by atoms with van der Waals surface area (Å²) in [5, 5.41) is 5.28. The molecule has 160 valence electrons. The second kappa shape index (κ2) is 10.8. The molecule has 1 atom stereocenters. The van der Waals surface area contributed by atoms with Crippen LogP contribution in [0.1, 0.15) is 24.2 Å². The third kappa shape index (κ3) is 6.23. The van der Waals surface area contributed by atoms with Gasteiger partial charge in [0.25, 0.3) is 11.8 Å². The van der Waals surface area contributed by atoms with Gasteiger partial charge in [-0.15, -0.1) is 0 Å². The lowest BCUT2D eigenvalue weighted by Gasteiger charge is -2.21. The Morgan fingerprint density at radius 3 is 2.37 bits per heavy atom. The summed E-state index contributed by atoms with van der Waals surface area (Å²) in [5.41, 5.74) is 0.814. The first-order valence-corrected chi connectivity index (χ1v) is 9.40. The number of esters is 1. The topological polar surface area (TPSA) is 103 Å². The molecule has 0 radical (unpaired) electrons. The standard InChI is InChI=1S/C22H26N2O6/c1-14(2)20(24-21(26)17-10-5-6-11-18(17)29-4)22(27)30-13-19(25)23-15-8-7-9-16(12-15)28-3/h5-12,14,20H,13H2,1-4H3,(H,23,25)(H,24,26)/t20-/m0/s1. The molecule has 0 heterocycles. The molecule has 0 aliphatic heterocycles. The molecule has 0 saturated carbocycles. The van der Waals surface area contributed by atoms with Gasteiger partial charge in [0.05, 0.1) is 19.8 Å². The first-order chi connectivity index (χ1) is 14.3. The summed E-state index contributed by atoms with van der Waals surface area (Å²) >= 11 is 0. The molecular weight excluding hydrogens is 388 g/mol. The smallest absolute Gasteiger partial charge is 0.329 e. The van der Waals surface area contributed by atoms with Gasteiger partial charge in [0, 0.05) is 11.8 Å². The lowest BCUT2D eigenvalue weighted by Crippen LogP contribution is -2.46. The number of hydrogen-bond donors (Lipinski definition) is 2. The van der Waals surface area contributed by atoms with Crippen molar-refractivity contribution < 1.29 is 28.6 Å². The summed E-state index contributed by atoms with van der Waals surface area (Å²) in [6.07, 6.45) is 0. The van der Waals surface area contributed by atoms with E-state index in [0.717, 1.165) is 0 Å². The Hall–Kier alpha value is -3.55. The van der Waals surface area contributed by atoms with Gasteiger partial charge >= 0.3 is 5.97 Å². The zero-order chi connectivity index (χ0) is 22.1. The molecule has 8 heteroatoms. The van der Waals surface area contributed by atoms with Gasteiger partial charge in [-0.3, -0.25) is 9.59 Å². The van der Waals surface area contributed by atoms with E-state index in [1.165, 1.54) is 14.2 Å². The third-order valence-corrected chi connectivity index (χ3v) is 4.26. The lowest BCUT2D eigenvalue weighted by atomic mass is 10.0. The van der Waals surface area contributed by atoms with Gasteiger partial charge in [-0.25, -0.2) is 4.79 Å². The van der Waals surface area contributed by atoms with Crippen molar-refractivity contribution in [2.45, 2.75) is 19.9 Å². The fraction of sp³-hybridized carbons (Fsp3) is 0.318. The second-order valence-corrected chi connectivity index (χ2v) is 6.78. The highest BCUT2D eigenvalue weighted by Gasteiger charge is 2.27. The Morgan fingerprint density at radius 1 is 0.967 bits per heavy atom. The zero-order valence-electron chi connectivity index (χ0n) is 17.4. The summed E-state index contributed by atoms with van der Waals surface area (Å²) in [6.45, 7) is 3.05. The monoisotopic (exact) mass is 414 g/mol. The van der Waals surface area contributed by atoms with Crippen molar-refractivity contribution in [3.05, 3.63) is 54.1 Å². The van der Waals surface area contributed by atoms with Crippen molar-refractivity contribution in [2.75, 3.05) is 26.1 Å². The number of carbonyl (C=O) groups excluding carboxylic acids is 3. The van der Waals surface area contributed by atoms with Crippen molar-refractivity contribution in [1.82, 2.24) is 5.32 Å². The molecule has 0 aliphatic rings. The maximum atomic E-state index is 12.6. The molecule has 0 bridgehead atoms. The fourth-order valence-corrected chi connectivity index (χ4v) is 2.67. The van der Waals surface area contributed by atoms with Gasteiger partial charge in [-0.1, -0.05) is 32.0 Å². The minimum Gasteiger partial charge on any atom is -0.497 e. The second-order valence-electron chi connectivity index (χ2n) is 6.78. The van der Waals surface area contributed by atoms with Crippen LogP contribution in [-0.2, 0) is 14.3 Å². The van der Waals surface area contributed by atoms with E-state index in [9.17, 15) is 14.4 Å². The third-order valence-electron chi connectivity index (χ3n) is 4.26. The number of methoxy groups -OCH3 is 2. The van der Waals surface area contributed by atoms with Crippen LogP contribution in [0.25, 0.3) is 0 Å². The number of carbonyl (C=O) groups is 3. The molecule has 2 aromatic carbocycles. The van der Waals surface area contributed by atoms with E-state index < -0.39 is 30.4 Å². The average Bonchev–Trinajstić information content (AvgIpc) is 2.75. The van der Waals surface area contributed by atoms with Crippen molar-refractivity contribution in [1.29, 1.82) is 0 Å². The number of benzene rings is 2. The molecule has 0 saturated heterocycles. The molecule has 2 aromatic rings. The molecule has 0 aliphatic carbocycles. The highest BCUT2D eigenvalue weighted by molar-refractivity contribution is 5.99. The minimum atomic E-state index is -0.924. The van der Waals surface area contributed by atoms with Gasteiger partial charge in [0.1, 0.15) is 17.5 Å². The lowest BCUT2D eigenvalue weighted by molar-refractivity contribution is -0.150. The van der Waals surface area contributed by atoms with Crippen LogP contribution in [0.15, 0.2) is 48.5 Å². The summed E-state index contributed by atoms with van der Waals surface area (Å²) in [5.74, 6) is -0.946. The highest BCUT2D eigenvalue weighted by atomic mass is 16.5. The zero-order valence-corrected chi connectivity index (χ0v) is 17.4. The Labute approximate surface area is 175 Å². The maximum Gasteiger partial charge on any atom is 0.329 e. The molecule has 0 spiro atoms. The van der Waals surface area contributed by atoms with E-state index >= 15 is 0 Å². The van der Waals surface area contributed by atoms with Gasteiger partial charge in [0.2, 0.25) is 0 Å². The van der Waals surface area contributed by atoms with Crippen LogP contribution in [0.3, 0.4) is 0 Å². The number of para-hydroxylation sites is 1. The average molecular weight is 414 g/mol. The Kier molecular flexibility index (Phi) is 8.22. The van der Waals surface area contributed by atoms with E-state index in [1.807, 2.05) is 0 Å². The summed E-state index contributed by atoms with van der Waals surface area (Å²) in [4.78, 5) is 37.2. The summed E-state index contributed by atoms with van der Waals surface area (Å²) in [6, 6.07) is 12.6. The largest absolute Gasteiger partial charge is 0.497 e. The molecule has 30 heavy (non-hydrogen) atoms. The fourth-order valence-electron chi connectivity index (χ4n) is 2.67. The predicted octanol–water partition coefficient (Wildman–Crippen LogP) is 2.64. The first kappa shape index (κ1) is 22.7. The van der Waals surface area contributed by atoms with Crippen LogP contribution >= 0.6 is 0 Å². The molecule has 0 aromatic heterocycles. The summed E-state index contributed by atoms with van der Waals surface area (Å²) in [7, 11) is 2.98. The number of nitrogens with one attached hydrogen (secondary N) is 2. The van der Waals surface area contributed by atoms with Crippen molar-refractivity contribution in [3.8, 4) is 11.5 Å². The number of ether oxygens (including phenoxy) is 3. The molecule has 2 N–H and O–H groups in total. The number of hydrogen-bond acceptors (Lipinski definition) is 6. The van der Waals surface area contributed by atoms with E-state index in [-0.39, 0.29) is 5.92 Å². The predicted molar refractivity (Wildman–Crippen MR) is 112 cm³/mol. The molecular formula is C22H26N2O6.